The third-order valence-corrected chi connectivity index (χ3v) is 3.66. The van der Waals surface area contributed by atoms with Crippen LogP contribution in [0.4, 0.5) is 0 Å². The summed E-state index contributed by atoms with van der Waals surface area (Å²) in [5.41, 5.74) is 2.81. The highest BCUT2D eigenvalue weighted by molar-refractivity contribution is 6.22. The maximum atomic E-state index is 12.5. The second kappa shape index (κ2) is 4.98. The van der Waals surface area contributed by atoms with Gasteiger partial charge in [0.2, 0.25) is 0 Å². The summed E-state index contributed by atoms with van der Waals surface area (Å²) in [6, 6.07) is 12.0. The lowest BCUT2D eigenvalue weighted by atomic mass is 9.86. The van der Waals surface area contributed by atoms with Gasteiger partial charge in [0, 0.05) is 23.1 Å². The zero-order chi connectivity index (χ0) is 13.2. The van der Waals surface area contributed by atoms with E-state index in [1.165, 1.54) is 0 Å². The summed E-state index contributed by atoms with van der Waals surface area (Å²) in [5, 5.41) is 11.0. The smallest absolute Gasteiger partial charge is 0.189 e. The van der Waals surface area contributed by atoms with E-state index in [0.29, 0.717) is 0 Å². The van der Waals surface area contributed by atoms with Gasteiger partial charge >= 0.3 is 0 Å². The van der Waals surface area contributed by atoms with Gasteiger partial charge in [0.15, 0.2) is 5.78 Å². The van der Waals surface area contributed by atoms with Crippen LogP contribution in [0.3, 0.4) is 0 Å². The summed E-state index contributed by atoms with van der Waals surface area (Å²) in [6.07, 6.45) is 4.35. The van der Waals surface area contributed by atoms with Crippen LogP contribution in [0.25, 0.3) is 16.8 Å². The van der Waals surface area contributed by atoms with E-state index in [1.807, 2.05) is 36.4 Å². The number of carbonyl (C=O) groups excluding carboxylic acids is 1. The molecule has 0 heterocycles. The van der Waals surface area contributed by atoms with Crippen LogP contribution in [0.15, 0.2) is 42.0 Å². The average Bonchev–Trinajstić information content (AvgIpc) is 2.44. The molecule has 0 saturated heterocycles. The molecule has 1 aliphatic carbocycles. The standard InChI is InChI=1S/C17H16O2/c18-10-2-1-5-14-11-13-8-3-6-12-7-4-9-15(16(12)13)17(14)19/h3-4,6-9,11,18H,1-2,5,10H2. The van der Waals surface area contributed by atoms with Crippen molar-refractivity contribution in [3.8, 4) is 0 Å². The minimum atomic E-state index is 0.141. The largest absolute Gasteiger partial charge is 0.396 e. The van der Waals surface area contributed by atoms with Gasteiger partial charge in [-0.15, -0.1) is 0 Å². The molecule has 3 rings (SSSR count). The summed E-state index contributed by atoms with van der Waals surface area (Å²) in [6.45, 7) is 0.188. The molecule has 2 nitrogen and oxygen atoms in total. The van der Waals surface area contributed by atoms with Crippen LogP contribution in [0.5, 0.6) is 0 Å². The van der Waals surface area contributed by atoms with Gasteiger partial charge in [-0.2, -0.15) is 0 Å². The van der Waals surface area contributed by atoms with Crippen LogP contribution in [-0.4, -0.2) is 17.5 Å². The topological polar surface area (TPSA) is 37.3 Å². The summed E-state index contributed by atoms with van der Waals surface area (Å²) < 4.78 is 0. The van der Waals surface area contributed by atoms with Crippen LogP contribution in [-0.2, 0) is 0 Å². The number of allylic oxidation sites excluding steroid dienone is 1. The number of aliphatic hydroxyl groups is 1. The predicted octanol–water partition coefficient (Wildman–Crippen LogP) is 3.58. The molecular weight excluding hydrogens is 236 g/mol. The van der Waals surface area contributed by atoms with Gasteiger partial charge in [-0.25, -0.2) is 0 Å². The number of hydrogen-bond acceptors (Lipinski definition) is 2. The first kappa shape index (κ1) is 12.1. The van der Waals surface area contributed by atoms with Crippen molar-refractivity contribution >= 4 is 22.6 Å². The lowest BCUT2D eigenvalue weighted by Gasteiger charge is -2.16. The van der Waals surface area contributed by atoms with Crippen molar-refractivity contribution in [1.82, 2.24) is 0 Å². The third-order valence-electron chi connectivity index (χ3n) is 3.66. The molecule has 0 atom stereocenters. The van der Waals surface area contributed by atoms with Crippen LogP contribution >= 0.6 is 0 Å². The van der Waals surface area contributed by atoms with Crippen LogP contribution in [0, 0.1) is 0 Å². The Balaban J connectivity index is 2.06. The Bertz CT molecular complexity index is 663. The first-order valence-corrected chi connectivity index (χ1v) is 6.69. The highest BCUT2D eigenvalue weighted by Crippen LogP contribution is 2.32. The number of Topliss-reactive ketones (excluding diaryl/α,β-unsaturated/α-hetero) is 1. The van der Waals surface area contributed by atoms with Gasteiger partial charge in [0.25, 0.3) is 0 Å². The van der Waals surface area contributed by atoms with E-state index in [0.717, 1.165) is 46.7 Å². The molecule has 0 unspecified atom stereocenters. The number of unbranched alkanes of at least 4 members (excludes halogenated alkanes) is 1. The number of rotatable bonds is 4. The molecule has 2 heteroatoms. The first-order chi connectivity index (χ1) is 9.31. The number of benzene rings is 2. The van der Waals surface area contributed by atoms with Crippen LogP contribution in [0.1, 0.15) is 35.2 Å². The van der Waals surface area contributed by atoms with E-state index in [2.05, 4.69) is 6.07 Å². The molecule has 0 spiro atoms. The molecule has 0 saturated carbocycles. The minimum Gasteiger partial charge on any atom is -0.396 e. The molecule has 0 fully saturated rings. The van der Waals surface area contributed by atoms with E-state index >= 15 is 0 Å². The fourth-order valence-corrected chi connectivity index (χ4v) is 2.72. The zero-order valence-electron chi connectivity index (χ0n) is 10.7. The van der Waals surface area contributed by atoms with Crippen molar-refractivity contribution in [3.63, 3.8) is 0 Å². The quantitative estimate of drug-likeness (QED) is 0.844. The fraction of sp³-hybridized carbons (Fsp3) is 0.235. The van der Waals surface area contributed by atoms with Gasteiger partial charge in [-0.3, -0.25) is 4.79 Å². The SMILES string of the molecule is O=C1C(CCCCO)=Cc2cccc3cccc1c23. The van der Waals surface area contributed by atoms with Crippen molar-refractivity contribution < 1.29 is 9.90 Å². The molecule has 2 aromatic rings. The first-order valence-electron chi connectivity index (χ1n) is 6.69. The third kappa shape index (κ3) is 2.08. The highest BCUT2D eigenvalue weighted by atomic mass is 16.2. The van der Waals surface area contributed by atoms with Crippen LogP contribution in [0.2, 0.25) is 0 Å². The van der Waals surface area contributed by atoms with E-state index in [9.17, 15) is 4.79 Å². The molecule has 0 bridgehead atoms. The zero-order valence-corrected chi connectivity index (χ0v) is 10.7. The van der Waals surface area contributed by atoms with E-state index in [-0.39, 0.29) is 12.4 Å². The summed E-state index contributed by atoms with van der Waals surface area (Å²) in [7, 11) is 0. The Morgan fingerprint density at radius 3 is 2.58 bits per heavy atom. The Morgan fingerprint density at radius 1 is 1.00 bits per heavy atom. The van der Waals surface area contributed by atoms with E-state index in [1.54, 1.807) is 0 Å². The number of ketones is 1. The summed E-state index contributed by atoms with van der Waals surface area (Å²) in [5.74, 6) is 0.141. The van der Waals surface area contributed by atoms with Gasteiger partial charge in [-0.05, 0) is 36.3 Å². The average molecular weight is 252 g/mol. The Kier molecular flexibility index (Phi) is 3.18. The van der Waals surface area contributed by atoms with Crippen molar-refractivity contribution in [2.75, 3.05) is 6.61 Å². The fourth-order valence-electron chi connectivity index (χ4n) is 2.72. The second-order valence-corrected chi connectivity index (χ2v) is 4.93. The van der Waals surface area contributed by atoms with Crippen molar-refractivity contribution in [1.29, 1.82) is 0 Å². The lowest BCUT2D eigenvalue weighted by Crippen LogP contribution is -2.09. The molecule has 96 valence electrons. The van der Waals surface area contributed by atoms with Crippen LogP contribution < -0.4 is 0 Å². The molecule has 0 radical (unpaired) electrons. The molecule has 19 heavy (non-hydrogen) atoms. The van der Waals surface area contributed by atoms with Gasteiger partial charge in [0.1, 0.15) is 0 Å². The number of hydrogen-bond donors (Lipinski definition) is 1. The Morgan fingerprint density at radius 2 is 1.79 bits per heavy atom. The second-order valence-electron chi connectivity index (χ2n) is 4.93. The maximum absolute atomic E-state index is 12.5. The monoisotopic (exact) mass is 252 g/mol. The molecule has 0 aliphatic heterocycles. The minimum absolute atomic E-state index is 0.141. The number of carbonyl (C=O) groups is 1. The number of aliphatic hydroxyl groups excluding tert-OH is 1. The summed E-state index contributed by atoms with van der Waals surface area (Å²) in [4.78, 5) is 12.5. The van der Waals surface area contributed by atoms with E-state index < -0.39 is 0 Å². The molecule has 1 aliphatic rings. The highest BCUT2D eigenvalue weighted by Gasteiger charge is 2.20. The molecule has 0 amide bonds. The van der Waals surface area contributed by atoms with Gasteiger partial charge < -0.3 is 5.11 Å². The van der Waals surface area contributed by atoms with Gasteiger partial charge in [0.05, 0.1) is 0 Å². The van der Waals surface area contributed by atoms with Crippen molar-refractivity contribution in [2.45, 2.75) is 19.3 Å². The van der Waals surface area contributed by atoms with E-state index in [4.69, 9.17) is 5.11 Å². The van der Waals surface area contributed by atoms with Gasteiger partial charge in [-0.1, -0.05) is 36.4 Å². The summed E-state index contributed by atoms with van der Waals surface area (Å²) >= 11 is 0. The van der Waals surface area contributed by atoms with Crippen molar-refractivity contribution in [3.05, 3.63) is 53.1 Å². The molecule has 0 aromatic heterocycles. The van der Waals surface area contributed by atoms with Crippen molar-refractivity contribution in [2.24, 2.45) is 0 Å². The lowest BCUT2D eigenvalue weighted by molar-refractivity contribution is 0.103. The Hall–Kier alpha value is -1.93. The molecule has 1 N–H and O–H groups in total. The maximum Gasteiger partial charge on any atom is 0.189 e. The molecule has 2 aromatic carbocycles. The normalized spacial score (nSPS) is 13.7. The predicted molar refractivity (Wildman–Crippen MR) is 77.2 cm³/mol. The Labute approximate surface area is 112 Å². The molecular formula is C17H16O2.